The second-order valence-electron chi connectivity index (χ2n) is 3.97. The van der Waals surface area contributed by atoms with Crippen LogP contribution in [0.4, 0.5) is 26.3 Å². The van der Waals surface area contributed by atoms with Gasteiger partial charge in [-0.05, 0) is 0 Å². The number of amidine groups is 1. The van der Waals surface area contributed by atoms with Crippen LogP contribution in [0.3, 0.4) is 0 Å². The molecule has 0 aromatic carbocycles. The van der Waals surface area contributed by atoms with Gasteiger partial charge in [0, 0.05) is 12.3 Å². The third-order valence-electron chi connectivity index (χ3n) is 2.88. The average Bonchev–Trinajstić information content (AvgIpc) is 2.73. The second kappa shape index (κ2) is 4.21. The molecule has 11 heteroatoms. The molecule has 0 bridgehead atoms. The molecule has 20 heavy (non-hydrogen) atoms. The van der Waals surface area contributed by atoms with Crippen molar-refractivity contribution in [2.75, 3.05) is 12.3 Å². The van der Waals surface area contributed by atoms with Gasteiger partial charge in [-0.1, -0.05) is 11.8 Å². The zero-order chi connectivity index (χ0) is 15.3. The van der Waals surface area contributed by atoms with Gasteiger partial charge >= 0.3 is 12.4 Å². The highest BCUT2D eigenvalue weighted by Gasteiger charge is 2.76. The summed E-state index contributed by atoms with van der Waals surface area (Å²) in [6, 6.07) is 0.927. The minimum atomic E-state index is -5.82. The van der Waals surface area contributed by atoms with E-state index in [2.05, 4.69) is 4.99 Å². The van der Waals surface area contributed by atoms with Crippen molar-refractivity contribution in [2.24, 2.45) is 10.7 Å². The number of nitriles is 1. The van der Waals surface area contributed by atoms with Crippen molar-refractivity contribution in [1.29, 1.82) is 5.26 Å². The van der Waals surface area contributed by atoms with Gasteiger partial charge in [0.2, 0.25) is 0 Å². The summed E-state index contributed by atoms with van der Waals surface area (Å²) >= 11 is 0.729. The monoisotopic (exact) mass is 316 g/mol. The van der Waals surface area contributed by atoms with Crippen molar-refractivity contribution in [2.45, 2.75) is 17.9 Å². The summed E-state index contributed by atoms with van der Waals surface area (Å²) < 4.78 is 78.4. The first-order valence-electron chi connectivity index (χ1n) is 5.10. The second-order valence-corrected chi connectivity index (χ2v) is 5.03. The predicted molar refractivity (Wildman–Crippen MR) is 58.3 cm³/mol. The number of thioether (sulfide) groups is 1. The number of nitrogens with zero attached hydrogens (tertiary/aromatic N) is 3. The average molecular weight is 316 g/mol. The molecule has 2 aliphatic heterocycles. The normalized spacial score (nSPS) is 22.4. The Labute approximate surface area is 112 Å². The lowest BCUT2D eigenvalue weighted by Crippen LogP contribution is -2.60. The number of hydrogen-bond acceptors (Lipinski definition) is 5. The molecule has 0 amide bonds. The van der Waals surface area contributed by atoms with E-state index in [1.807, 2.05) is 0 Å². The van der Waals surface area contributed by atoms with Gasteiger partial charge in [0.05, 0.1) is 0 Å². The Hall–Kier alpha value is -1.57. The number of hydrogen-bond donors (Lipinski definition) is 1. The van der Waals surface area contributed by atoms with Gasteiger partial charge < -0.3 is 10.6 Å². The van der Waals surface area contributed by atoms with Crippen molar-refractivity contribution in [3.63, 3.8) is 0 Å². The molecular formula is C9H6F6N4S. The summed E-state index contributed by atoms with van der Waals surface area (Å²) in [5.74, 6) is -0.610. The van der Waals surface area contributed by atoms with Crippen LogP contribution >= 0.6 is 11.8 Å². The predicted octanol–water partition coefficient (Wildman–Crippen LogP) is 1.96. The fraction of sp³-hybridized carbons (Fsp3) is 0.556. The van der Waals surface area contributed by atoms with E-state index < -0.39 is 34.5 Å². The molecule has 4 nitrogen and oxygen atoms in total. The van der Waals surface area contributed by atoms with Gasteiger partial charge in [-0.15, -0.1) is 0 Å². The summed E-state index contributed by atoms with van der Waals surface area (Å²) in [6.45, 7) is 0.103. The number of alkyl halides is 6. The van der Waals surface area contributed by atoms with Crippen molar-refractivity contribution >= 4 is 16.9 Å². The minimum absolute atomic E-state index is 0.103. The Kier molecular flexibility index (Phi) is 3.12. The zero-order valence-electron chi connectivity index (χ0n) is 9.51. The molecule has 2 heterocycles. The van der Waals surface area contributed by atoms with E-state index in [9.17, 15) is 26.3 Å². The SMILES string of the molecule is N#CC1=C(N)N2CCSC2=NC1(C(F)(F)F)C(F)(F)F. The van der Waals surface area contributed by atoms with Crippen LogP contribution in [-0.2, 0) is 0 Å². The first-order valence-corrected chi connectivity index (χ1v) is 6.09. The number of fused-ring (bicyclic) bond motifs is 1. The van der Waals surface area contributed by atoms with Crippen molar-refractivity contribution in [1.82, 2.24) is 4.90 Å². The van der Waals surface area contributed by atoms with Crippen LogP contribution in [-0.4, -0.2) is 40.3 Å². The summed E-state index contributed by atoms with van der Waals surface area (Å²) in [5.41, 5.74) is -0.898. The standard InChI is InChI=1S/C9H6F6N4S/c10-8(11,12)7(9(13,14)15)4(3-16)5(17)19-1-2-20-6(19)18-7/h1-2,17H2. The van der Waals surface area contributed by atoms with Crippen LogP contribution in [0.15, 0.2) is 16.4 Å². The van der Waals surface area contributed by atoms with Gasteiger partial charge in [-0.2, -0.15) is 31.6 Å². The molecule has 1 saturated heterocycles. The van der Waals surface area contributed by atoms with Crippen molar-refractivity contribution < 1.29 is 26.3 Å². The maximum absolute atomic E-state index is 13.1. The third kappa shape index (κ3) is 1.74. The molecule has 2 aliphatic rings. The van der Waals surface area contributed by atoms with E-state index in [4.69, 9.17) is 11.0 Å². The lowest BCUT2D eigenvalue weighted by molar-refractivity contribution is -0.281. The van der Waals surface area contributed by atoms with Crippen LogP contribution in [0.5, 0.6) is 0 Å². The Balaban J connectivity index is 2.79. The van der Waals surface area contributed by atoms with Crippen LogP contribution in [0.1, 0.15) is 0 Å². The van der Waals surface area contributed by atoms with Crippen LogP contribution < -0.4 is 5.73 Å². The molecule has 0 spiro atoms. The highest BCUT2D eigenvalue weighted by atomic mass is 32.2. The molecule has 2 rings (SSSR count). The van der Waals surface area contributed by atoms with E-state index in [1.54, 1.807) is 0 Å². The quantitative estimate of drug-likeness (QED) is 0.694. The van der Waals surface area contributed by atoms with Crippen molar-refractivity contribution in [3.8, 4) is 6.07 Å². The Morgan fingerprint density at radius 3 is 2.25 bits per heavy atom. The van der Waals surface area contributed by atoms with E-state index in [0.29, 0.717) is 0 Å². The first kappa shape index (κ1) is 14.8. The number of aliphatic imine (C=N–C) groups is 1. The Morgan fingerprint density at radius 1 is 1.25 bits per heavy atom. The zero-order valence-corrected chi connectivity index (χ0v) is 10.3. The molecule has 0 saturated carbocycles. The van der Waals surface area contributed by atoms with Gasteiger partial charge in [0.25, 0.3) is 5.54 Å². The minimum Gasteiger partial charge on any atom is -0.384 e. The first-order chi connectivity index (χ1) is 9.06. The van der Waals surface area contributed by atoms with Crippen LogP contribution in [0.25, 0.3) is 0 Å². The fourth-order valence-corrected chi connectivity index (χ4v) is 2.95. The summed E-state index contributed by atoms with van der Waals surface area (Å²) in [5, 5.41) is 8.28. The van der Waals surface area contributed by atoms with Crippen LogP contribution in [0, 0.1) is 11.3 Å². The molecule has 0 atom stereocenters. The molecule has 1 fully saturated rings. The van der Waals surface area contributed by atoms with Gasteiger partial charge in [0.1, 0.15) is 17.5 Å². The van der Waals surface area contributed by atoms with Gasteiger partial charge in [-0.3, -0.25) is 0 Å². The summed E-state index contributed by atoms with van der Waals surface area (Å²) in [4.78, 5) is 3.80. The lowest BCUT2D eigenvalue weighted by atomic mass is 9.88. The van der Waals surface area contributed by atoms with Gasteiger partial charge in [-0.25, -0.2) is 4.99 Å². The summed E-state index contributed by atoms with van der Waals surface area (Å²) in [7, 11) is 0. The number of nitrogens with two attached hydrogens (primary N) is 1. The molecule has 0 aromatic rings. The molecule has 0 unspecified atom stereocenters. The molecular weight excluding hydrogens is 310 g/mol. The lowest BCUT2D eigenvalue weighted by Gasteiger charge is -2.38. The van der Waals surface area contributed by atoms with Crippen LogP contribution in [0.2, 0.25) is 0 Å². The summed E-state index contributed by atoms with van der Waals surface area (Å²) in [6.07, 6.45) is -11.6. The molecule has 0 radical (unpaired) electrons. The highest BCUT2D eigenvalue weighted by molar-refractivity contribution is 8.14. The number of halogens is 6. The topological polar surface area (TPSA) is 65.4 Å². The largest absolute Gasteiger partial charge is 0.427 e. The van der Waals surface area contributed by atoms with E-state index in [-0.39, 0.29) is 12.3 Å². The van der Waals surface area contributed by atoms with Gasteiger partial charge in [0.15, 0.2) is 5.17 Å². The smallest absolute Gasteiger partial charge is 0.384 e. The number of rotatable bonds is 0. The maximum Gasteiger partial charge on any atom is 0.427 e. The van der Waals surface area contributed by atoms with Crippen molar-refractivity contribution in [3.05, 3.63) is 11.4 Å². The highest BCUT2D eigenvalue weighted by Crippen LogP contribution is 2.53. The fourth-order valence-electron chi connectivity index (χ4n) is 1.95. The Bertz CT molecular complexity index is 526. The molecule has 110 valence electrons. The molecule has 2 N–H and O–H groups in total. The van der Waals surface area contributed by atoms with E-state index >= 15 is 0 Å². The Morgan fingerprint density at radius 2 is 1.80 bits per heavy atom. The molecule has 0 aromatic heterocycles. The van der Waals surface area contributed by atoms with E-state index in [0.717, 1.165) is 22.7 Å². The maximum atomic E-state index is 13.1. The third-order valence-corrected chi connectivity index (χ3v) is 3.84. The molecule has 0 aliphatic carbocycles. The van der Waals surface area contributed by atoms with E-state index in [1.165, 1.54) is 0 Å².